The van der Waals surface area contributed by atoms with Crippen LogP contribution < -0.4 is 0 Å². The topological polar surface area (TPSA) is 115 Å². The Bertz CT molecular complexity index is 1110. The average Bonchev–Trinajstić information content (AvgIpc) is 2.96. The van der Waals surface area contributed by atoms with Crippen LogP contribution in [0.5, 0.6) is 0 Å². The van der Waals surface area contributed by atoms with Gasteiger partial charge in [0.05, 0.1) is 33.0 Å². The van der Waals surface area contributed by atoms with Crippen LogP contribution in [0.3, 0.4) is 0 Å². The highest BCUT2D eigenvalue weighted by Crippen LogP contribution is 2.29. The second-order valence-electron chi connectivity index (χ2n) is 8.88. The number of aliphatic hydroxyl groups excluding tert-OH is 1. The lowest BCUT2D eigenvalue weighted by atomic mass is 9.98. The maximum absolute atomic E-state index is 11.3. The minimum absolute atomic E-state index is 0.0876. The molecular formula is C29H33N3O6. The van der Waals surface area contributed by atoms with Crippen LogP contribution in [0.4, 0.5) is 0 Å². The van der Waals surface area contributed by atoms with E-state index in [1.54, 1.807) is 0 Å². The molecule has 0 aromatic heterocycles. The third-order valence-corrected chi connectivity index (χ3v) is 6.12. The molecule has 4 rings (SSSR count). The first-order valence-electron chi connectivity index (χ1n) is 12.6. The summed E-state index contributed by atoms with van der Waals surface area (Å²) in [5, 5.41) is 14.7. The molecule has 3 aromatic rings. The highest BCUT2D eigenvalue weighted by molar-refractivity contribution is 5.15. The van der Waals surface area contributed by atoms with Gasteiger partial charge in [-0.1, -0.05) is 96.1 Å². The van der Waals surface area contributed by atoms with Gasteiger partial charge in [0.2, 0.25) is 0 Å². The minimum atomic E-state index is -1.14. The number of benzene rings is 3. The molecule has 1 fully saturated rings. The van der Waals surface area contributed by atoms with Crippen LogP contribution in [-0.4, -0.2) is 55.6 Å². The van der Waals surface area contributed by atoms with Gasteiger partial charge in [0.1, 0.15) is 24.4 Å². The molecule has 1 saturated heterocycles. The lowest BCUT2D eigenvalue weighted by molar-refractivity contribution is -0.318. The van der Waals surface area contributed by atoms with Crippen molar-refractivity contribution < 1.29 is 28.8 Å². The first kappa shape index (κ1) is 27.8. The molecule has 1 aliphatic rings. The Hall–Kier alpha value is -3.27. The van der Waals surface area contributed by atoms with Crippen LogP contribution >= 0.6 is 0 Å². The van der Waals surface area contributed by atoms with E-state index in [1.165, 1.54) is 0 Å². The number of hydrogen-bond donors (Lipinski definition) is 1. The largest absolute Gasteiger partial charge is 0.385 e. The van der Waals surface area contributed by atoms with E-state index in [9.17, 15) is 5.11 Å². The van der Waals surface area contributed by atoms with Gasteiger partial charge in [-0.3, -0.25) is 0 Å². The normalized spacial score (nSPS) is 23.0. The number of ether oxygens (including phenoxy) is 5. The molecule has 9 nitrogen and oxygen atoms in total. The van der Waals surface area contributed by atoms with E-state index in [0.717, 1.165) is 16.7 Å². The summed E-state index contributed by atoms with van der Waals surface area (Å²) in [5.41, 5.74) is 11.5. The van der Waals surface area contributed by atoms with Crippen molar-refractivity contribution in [3.63, 3.8) is 0 Å². The Morgan fingerprint density at radius 1 is 0.737 bits per heavy atom. The second kappa shape index (κ2) is 15.2. The van der Waals surface area contributed by atoms with E-state index in [2.05, 4.69) is 10.0 Å². The summed E-state index contributed by atoms with van der Waals surface area (Å²) in [5.74, 6) is 0. The van der Waals surface area contributed by atoms with Crippen molar-refractivity contribution in [1.29, 1.82) is 0 Å². The minimum Gasteiger partial charge on any atom is -0.385 e. The van der Waals surface area contributed by atoms with Crippen molar-refractivity contribution in [3.8, 4) is 0 Å². The zero-order valence-corrected chi connectivity index (χ0v) is 21.1. The standard InChI is InChI=1S/C29H33N3O6/c30-32-31-16-17-35-29-26(33)28(37-20-24-14-8-3-9-15-24)27(36-19-23-12-6-2-7-13-23)25(38-29)21-34-18-22-10-4-1-5-11-22/h1-15,25-29,33H,16-21H2/t25-,26-,27+,28-,29-/m1/s1. The number of rotatable bonds is 14. The van der Waals surface area contributed by atoms with Crippen molar-refractivity contribution >= 4 is 0 Å². The summed E-state index contributed by atoms with van der Waals surface area (Å²) in [6.07, 6.45) is -4.14. The Kier molecular flexibility index (Phi) is 11.1. The zero-order valence-electron chi connectivity index (χ0n) is 21.1. The average molecular weight is 520 g/mol. The predicted octanol–water partition coefficient (Wildman–Crippen LogP) is 4.79. The lowest BCUT2D eigenvalue weighted by Gasteiger charge is -2.44. The zero-order chi connectivity index (χ0) is 26.4. The first-order chi connectivity index (χ1) is 18.7. The summed E-state index contributed by atoms with van der Waals surface area (Å²) >= 11 is 0. The number of nitrogens with zero attached hydrogens (tertiary/aromatic N) is 3. The summed E-state index contributed by atoms with van der Waals surface area (Å²) in [4.78, 5) is 2.74. The van der Waals surface area contributed by atoms with Gasteiger partial charge in [0, 0.05) is 11.5 Å². The molecule has 0 unspecified atom stereocenters. The molecule has 0 aliphatic carbocycles. The van der Waals surface area contributed by atoms with E-state index in [-0.39, 0.29) is 26.4 Å². The molecule has 3 aromatic carbocycles. The summed E-state index contributed by atoms with van der Waals surface area (Å²) in [6, 6.07) is 29.4. The number of aliphatic hydroxyl groups is 1. The molecule has 1 heterocycles. The van der Waals surface area contributed by atoms with Gasteiger partial charge in [-0.25, -0.2) is 0 Å². The lowest BCUT2D eigenvalue weighted by Crippen LogP contribution is -2.61. The van der Waals surface area contributed by atoms with Crippen molar-refractivity contribution in [1.82, 2.24) is 0 Å². The fourth-order valence-corrected chi connectivity index (χ4v) is 4.21. The number of hydrogen-bond acceptors (Lipinski definition) is 7. The summed E-state index contributed by atoms with van der Waals surface area (Å²) in [6.45, 7) is 1.38. The predicted molar refractivity (Wildman–Crippen MR) is 141 cm³/mol. The quantitative estimate of drug-likeness (QED) is 0.142. The molecular weight excluding hydrogens is 486 g/mol. The summed E-state index contributed by atoms with van der Waals surface area (Å²) < 4.78 is 30.5. The van der Waals surface area contributed by atoms with E-state index >= 15 is 0 Å². The molecule has 0 saturated carbocycles. The van der Waals surface area contributed by atoms with Gasteiger partial charge >= 0.3 is 0 Å². The molecule has 200 valence electrons. The number of azide groups is 1. The molecule has 1 aliphatic heterocycles. The maximum atomic E-state index is 11.3. The van der Waals surface area contributed by atoms with Gasteiger partial charge < -0.3 is 28.8 Å². The van der Waals surface area contributed by atoms with Crippen LogP contribution in [-0.2, 0) is 43.5 Å². The monoisotopic (exact) mass is 519 g/mol. The Morgan fingerprint density at radius 3 is 1.82 bits per heavy atom. The fourth-order valence-electron chi connectivity index (χ4n) is 4.21. The van der Waals surface area contributed by atoms with E-state index < -0.39 is 30.7 Å². The highest BCUT2D eigenvalue weighted by atomic mass is 16.7. The maximum Gasteiger partial charge on any atom is 0.186 e. The Labute approximate surface area is 222 Å². The van der Waals surface area contributed by atoms with Crippen molar-refractivity contribution in [2.45, 2.75) is 50.5 Å². The Morgan fingerprint density at radius 2 is 1.26 bits per heavy atom. The summed E-state index contributed by atoms with van der Waals surface area (Å²) in [7, 11) is 0. The van der Waals surface area contributed by atoms with Crippen LogP contribution in [0.2, 0.25) is 0 Å². The third-order valence-electron chi connectivity index (χ3n) is 6.12. The van der Waals surface area contributed by atoms with Crippen molar-refractivity contribution in [3.05, 3.63) is 118 Å². The molecule has 0 radical (unpaired) electrons. The van der Waals surface area contributed by atoms with E-state index in [4.69, 9.17) is 29.2 Å². The van der Waals surface area contributed by atoms with Gasteiger partial charge in [0.25, 0.3) is 0 Å². The molecule has 0 spiro atoms. The van der Waals surface area contributed by atoms with Gasteiger partial charge in [-0.2, -0.15) is 0 Å². The van der Waals surface area contributed by atoms with Crippen molar-refractivity contribution in [2.24, 2.45) is 5.11 Å². The van der Waals surface area contributed by atoms with Crippen LogP contribution in [0.1, 0.15) is 16.7 Å². The molecule has 9 heteroatoms. The fraction of sp³-hybridized carbons (Fsp3) is 0.379. The first-order valence-corrected chi connectivity index (χ1v) is 12.6. The molecule has 0 bridgehead atoms. The smallest absolute Gasteiger partial charge is 0.186 e. The van der Waals surface area contributed by atoms with Crippen LogP contribution in [0, 0.1) is 0 Å². The van der Waals surface area contributed by atoms with Crippen LogP contribution in [0.25, 0.3) is 10.4 Å². The van der Waals surface area contributed by atoms with Gasteiger partial charge in [0.15, 0.2) is 6.29 Å². The molecule has 5 atom stereocenters. The second-order valence-corrected chi connectivity index (χ2v) is 8.88. The highest BCUT2D eigenvalue weighted by Gasteiger charge is 2.47. The molecule has 38 heavy (non-hydrogen) atoms. The van der Waals surface area contributed by atoms with Crippen molar-refractivity contribution in [2.75, 3.05) is 19.8 Å². The van der Waals surface area contributed by atoms with Gasteiger partial charge in [-0.05, 0) is 22.2 Å². The molecule has 0 amide bonds. The Balaban J connectivity index is 1.51. The SMILES string of the molecule is [N-]=[N+]=NCCO[C@@H]1O[C@H](COCc2ccccc2)[C@H](OCc2ccccc2)[C@H](OCc2ccccc2)[C@H]1O. The molecule has 1 N–H and O–H groups in total. The van der Waals surface area contributed by atoms with Gasteiger partial charge in [-0.15, -0.1) is 0 Å². The van der Waals surface area contributed by atoms with Crippen LogP contribution in [0.15, 0.2) is 96.1 Å². The van der Waals surface area contributed by atoms with E-state index in [0.29, 0.717) is 13.2 Å². The van der Waals surface area contributed by atoms with E-state index in [1.807, 2.05) is 91.0 Å². The third kappa shape index (κ3) is 8.37.